The van der Waals surface area contributed by atoms with E-state index in [0.717, 1.165) is 32.1 Å². The van der Waals surface area contributed by atoms with Gasteiger partial charge in [0.25, 0.3) is 0 Å². The van der Waals surface area contributed by atoms with Crippen LogP contribution in [0.1, 0.15) is 101 Å². The average Bonchev–Trinajstić information content (AvgIpc) is 2.96. The number of nitrogens with two attached hydrogens (primary N) is 1. The minimum Gasteiger partial charge on any atom is -0.457 e. The molecule has 3 saturated carbocycles. The number of aliphatic hydroxyl groups is 3. The number of hydrogen-bond donors (Lipinski definition) is 4. The molecule has 1 saturated heterocycles. The van der Waals surface area contributed by atoms with Gasteiger partial charge in [0, 0.05) is 23.7 Å². The zero-order valence-electron chi connectivity index (χ0n) is 25.6. The van der Waals surface area contributed by atoms with E-state index < -0.39 is 52.4 Å². The monoisotopic (exact) mass is 547 g/mol. The fraction of sp³-hybridized carbons (Fsp3) is 0.906. The van der Waals surface area contributed by atoms with Gasteiger partial charge in [-0.3, -0.25) is 4.79 Å². The van der Waals surface area contributed by atoms with E-state index in [1.807, 2.05) is 0 Å². The fourth-order valence-electron chi connectivity index (χ4n) is 10.7. The van der Waals surface area contributed by atoms with Gasteiger partial charge in [-0.2, -0.15) is 0 Å². The number of aliphatic hydroxyl groups excluding tert-OH is 2. The maximum absolute atomic E-state index is 12.3. The first-order valence-electron chi connectivity index (χ1n) is 15.2. The molecule has 0 radical (unpaired) electrons. The molecule has 5 N–H and O–H groups in total. The molecule has 0 aromatic heterocycles. The SMILES string of the molecule is CC(=O)OC(C1CC(C)C2(C)C(O1)C(O)C1(N)C3CCC4C(C)(CCC(O)C4(C)C)C3=CCC21C)C(C)(C)O. The van der Waals surface area contributed by atoms with Crippen LogP contribution in [0, 0.1) is 39.4 Å². The van der Waals surface area contributed by atoms with Crippen LogP contribution in [0.4, 0.5) is 0 Å². The van der Waals surface area contributed by atoms with Gasteiger partial charge in [-0.05, 0) is 75.0 Å². The van der Waals surface area contributed by atoms with Crippen molar-refractivity contribution in [2.45, 2.75) is 142 Å². The molecule has 4 aliphatic carbocycles. The molecule has 7 heteroatoms. The van der Waals surface area contributed by atoms with Crippen LogP contribution in [0.25, 0.3) is 0 Å². The van der Waals surface area contributed by atoms with Crippen molar-refractivity contribution in [3.63, 3.8) is 0 Å². The Balaban J connectivity index is 1.55. The van der Waals surface area contributed by atoms with Gasteiger partial charge < -0.3 is 30.5 Å². The second-order valence-corrected chi connectivity index (χ2v) is 15.7. The Labute approximate surface area is 234 Å². The predicted molar refractivity (Wildman–Crippen MR) is 149 cm³/mol. The molecule has 1 heterocycles. The average molecular weight is 548 g/mol. The first kappa shape index (κ1) is 29.5. The van der Waals surface area contributed by atoms with Crippen LogP contribution in [-0.4, -0.2) is 62.9 Å². The fourth-order valence-corrected chi connectivity index (χ4v) is 10.7. The molecule has 0 amide bonds. The third kappa shape index (κ3) is 3.62. The lowest BCUT2D eigenvalue weighted by atomic mass is 9.41. The molecular weight excluding hydrogens is 494 g/mol. The van der Waals surface area contributed by atoms with Gasteiger partial charge in [0.15, 0.2) is 6.10 Å². The van der Waals surface area contributed by atoms with E-state index in [-0.39, 0.29) is 28.8 Å². The van der Waals surface area contributed by atoms with Crippen molar-refractivity contribution >= 4 is 5.97 Å². The van der Waals surface area contributed by atoms with Crippen molar-refractivity contribution in [1.82, 2.24) is 0 Å². The highest BCUT2D eigenvalue weighted by molar-refractivity contribution is 5.66. The summed E-state index contributed by atoms with van der Waals surface area (Å²) >= 11 is 0. The van der Waals surface area contributed by atoms with E-state index in [4.69, 9.17) is 15.2 Å². The van der Waals surface area contributed by atoms with E-state index in [0.29, 0.717) is 12.3 Å². The Morgan fingerprint density at radius 1 is 1.15 bits per heavy atom. The summed E-state index contributed by atoms with van der Waals surface area (Å²) in [4.78, 5) is 12.0. The molecule has 1 aliphatic heterocycles. The molecule has 0 aromatic carbocycles. The number of esters is 1. The van der Waals surface area contributed by atoms with Gasteiger partial charge in [-0.25, -0.2) is 0 Å². The minimum absolute atomic E-state index is 0.0220. The lowest BCUT2D eigenvalue weighted by Crippen LogP contribution is -2.69. The Morgan fingerprint density at radius 2 is 1.79 bits per heavy atom. The number of allylic oxidation sites excluding steroid dienone is 1. The van der Waals surface area contributed by atoms with Crippen molar-refractivity contribution in [3.05, 3.63) is 11.6 Å². The summed E-state index contributed by atoms with van der Waals surface area (Å²) in [7, 11) is 0. The maximum atomic E-state index is 12.3. The van der Waals surface area contributed by atoms with Crippen molar-refractivity contribution < 1.29 is 29.6 Å². The van der Waals surface area contributed by atoms with Crippen LogP contribution in [0.15, 0.2) is 11.6 Å². The maximum Gasteiger partial charge on any atom is 0.303 e. The van der Waals surface area contributed by atoms with Crippen LogP contribution in [0.2, 0.25) is 0 Å². The second-order valence-electron chi connectivity index (χ2n) is 15.7. The minimum atomic E-state index is -1.30. The topological polar surface area (TPSA) is 122 Å². The molecule has 4 fully saturated rings. The molecule has 39 heavy (non-hydrogen) atoms. The van der Waals surface area contributed by atoms with Crippen LogP contribution >= 0.6 is 0 Å². The number of rotatable bonds is 3. The van der Waals surface area contributed by atoms with Gasteiger partial charge in [-0.15, -0.1) is 0 Å². The molecule has 5 rings (SSSR count). The Morgan fingerprint density at radius 3 is 2.38 bits per heavy atom. The van der Waals surface area contributed by atoms with Gasteiger partial charge in [0.2, 0.25) is 0 Å². The van der Waals surface area contributed by atoms with Gasteiger partial charge in [-0.1, -0.05) is 53.2 Å². The highest BCUT2D eigenvalue weighted by atomic mass is 16.6. The smallest absolute Gasteiger partial charge is 0.303 e. The summed E-state index contributed by atoms with van der Waals surface area (Å²) in [6.45, 7) is 18.1. The summed E-state index contributed by atoms with van der Waals surface area (Å²) in [5.41, 5.74) is 5.72. The number of ether oxygens (including phenoxy) is 2. The lowest BCUT2D eigenvalue weighted by Gasteiger charge is -2.65. The lowest BCUT2D eigenvalue weighted by molar-refractivity contribution is -0.236. The van der Waals surface area contributed by atoms with Gasteiger partial charge >= 0.3 is 5.97 Å². The van der Waals surface area contributed by atoms with Crippen molar-refractivity contribution in [1.29, 1.82) is 0 Å². The molecular formula is C32H53NO6. The molecule has 222 valence electrons. The van der Waals surface area contributed by atoms with Crippen molar-refractivity contribution in [2.24, 2.45) is 45.1 Å². The summed E-state index contributed by atoms with van der Waals surface area (Å²) in [5.74, 6) is 0.0246. The summed E-state index contributed by atoms with van der Waals surface area (Å²) < 4.78 is 12.4. The Kier molecular flexibility index (Phi) is 6.63. The van der Waals surface area contributed by atoms with Crippen LogP contribution in [0.3, 0.4) is 0 Å². The highest BCUT2D eigenvalue weighted by Gasteiger charge is 2.78. The molecule has 7 nitrogen and oxygen atoms in total. The quantitative estimate of drug-likeness (QED) is 0.310. The van der Waals surface area contributed by atoms with Crippen LogP contribution in [-0.2, 0) is 14.3 Å². The highest BCUT2D eigenvalue weighted by Crippen LogP contribution is 2.73. The van der Waals surface area contributed by atoms with E-state index in [1.54, 1.807) is 13.8 Å². The molecule has 12 unspecified atom stereocenters. The third-order valence-corrected chi connectivity index (χ3v) is 13.3. The summed E-state index contributed by atoms with van der Waals surface area (Å²) in [6, 6.07) is 0. The van der Waals surface area contributed by atoms with Gasteiger partial charge in [0.05, 0.1) is 35.6 Å². The normalized spacial score (nSPS) is 51.5. The predicted octanol–water partition coefficient (Wildman–Crippen LogP) is 4.11. The van der Waals surface area contributed by atoms with E-state index in [1.165, 1.54) is 12.5 Å². The van der Waals surface area contributed by atoms with Crippen molar-refractivity contribution in [2.75, 3.05) is 0 Å². The first-order chi connectivity index (χ1) is 17.8. The molecule has 12 atom stereocenters. The first-order valence-corrected chi connectivity index (χ1v) is 15.2. The van der Waals surface area contributed by atoms with Crippen molar-refractivity contribution in [3.8, 4) is 0 Å². The second kappa shape index (κ2) is 8.76. The number of fused-ring (bicyclic) bond motifs is 7. The molecule has 5 aliphatic rings. The largest absolute Gasteiger partial charge is 0.457 e. The molecule has 0 aromatic rings. The Bertz CT molecular complexity index is 1050. The zero-order valence-corrected chi connectivity index (χ0v) is 25.6. The van der Waals surface area contributed by atoms with Crippen LogP contribution in [0.5, 0.6) is 0 Å². The van der Waals surface area contributed by atoms with Gasteiger partial charge in [0.1, 0.15) is 0 Å². The number of carbonyl (C=O) groups is 1. The summed E-state index contributed by atoms with van der Waals surface area (Å²) in [5, 5.41) is 34.1. The number of hydrogen-bond acceptors (Lipinski definition) is 7. The van der Waals surface area contributed by atoms with E-state index in [9.17, 15) is 20.1 Å². The Hall–Kier alpha value is -0.990. The summed E-state index contributed by atoms with van der Waals surface area (Å²) in [6.07, 6.45) is 4.20. The standard InChI is InChI=1S/C32H53NO6/c1-17-16-21(25(28(5,6)37)38-18(2)34)39-26-24(36)32(33)20-10-11-22-27(3,4)23(35)13-14-29(22,7)19(20)12-15-30(32,8)31(17,26)9/h12,17,20-26,35-37H,10-11,13-16,33H2,1-9H3. The number of carbonyl (C=O) groups excluding carboxylic acids is 1. The molecule has 0 bridgehead atoms. The third-order valence-electron chi connectivity index (χ3n) is 13.3. The van der Waals surface area contributed by atoms with E-state index in [2.05, 4.69) is 47.6 Å². The zero-order chi connectivity index (χ0) is 29.1. The molecule has 0 spiro atoms. The van der Waals surface area contributed by atoms with Crippen LogP contribution < -0.4 is 5.73 Å². The van der Waals surface area contributed by atoms with E-state index >= 15 is 0 Å².